The Balaban J connectivity index is 1.61. The van der Waals surface area contributed by atoms with Crippen LogP contribution in [0, 0.1) is 0 Å². The summed E-state index contributed by atoms with van der Waals surface area (Å²) >= 11 is 0. The molecule has 0 aliphatic carbocycles. The minimum absolute atomic E-state index is 0.362. The van der Waals surface area contributed by atoms with Gasteiger partial charge in [-0.2, -0.15) is 0 Å². The highest BCUT2D eigenvalue weighted by Crippen LogP contribution is 2.16. The van der Waals surface area contributed by atoms with Crippen LogP contribution in [0.1, 0.15) is 30.6 Å². The van der Waals surface area contributed by atoms with Crippen LogP contribution in [0.4, 0.5) is 0 Å². The first kappa shape index (κ1) is 16.1. The first-order valence-electron chi connectivity index (χ1n) is 7.90. The van der Waals surface area contributed by atoms with Gasteiger partial charge >= 0.3 is 0 Å². The summed E-state index contributed by atoms with van der Waals surface area (Å²) in [6.07, 6.45) is 4.11. The molecule has 2 aromatic rings. The van der Waals surface area contributed by atoms with E-state index in [1.165, 1.54) is 6.26 Å². The van der Waals surface area contributed by atoms with Crippen molar-refractivity contribution in [1.29, 1.82) is 0 Å². The van der Waals surface area contributed by atoms with E-state index in [0.717, 1.165) is 49.6 Å². The maximum Gasteiger partial charge on any atom is 0.175 e. The predicted octanol–water partition coefficient (Wildman–Crippen LogP) is 1.35. The molecule has 3 rings (SSSR count). The predicted molar refractivity (Wildman–Crippen MR) is 87.9 cm³/mol. The molecule has 1 aromatic heterocycles. The van der Waals surface area contributed by atoms with E-state index in [1.54, 1.807) is 12.1 Å². The lowest BCUT2D eigenvalue weighted by Gasteiger charge is -2.25. The van der Waals surface area contributed by atoms with Crippen molar-refractivity contribution in [3.63, 3.8) is 0 Å². The molecule has 1 aliphatic rings. The number of hydrogen-bond acceptors (Lipinski definition) is 5. The second kappa shape index (κ2) is 6.41. The van der Waals surface area contributed by atoms with Gasteiger partial charge in [-0.15, -0.1) is 10.2 Å². The van der Waals surface area contributed by atoms with Crippen molar-refractivity contribution in [2.45, 2.75) is 50.2 Å². The zero-order valence-corrected chi connectivity index (χ0v) is 14.3. The molecule has 7 heteroatoms. The third-order valence-corrected chi connectivity index (χ3v) is 5.41. The SMILES string of the molecule is CCc1nnc2n1C[C@@H](NCc1ccc(S(C)(=O)=O)cc1)CC2. The largest absolute Gasteiger partial charge is 0.313 e. The fourth-order valence-electron chi connectivity index (χ4n) is 2.93. The Kier molecular flexibility index (Phi) is 4.50. The molecule has 0 unspecified atom stereocenters. The van der Waals surface area contributed by atoms with Gasteiger partial charge in [0.05, 0.1) is 4.90 Å². The molecule has 6 nitrogen and oxygen atoms in total. The second-order valence-electron chi connectivity index (χ2n) is 6.03. The Labute approximate surface area is 136 Å². The average molecular weight is 334 g/mol. The Morgan fingerprint density at radius 3 is 2.65 bits per heavy atom. The van der Waals surface area contributed by atoms with Gasteiger partial charge in [0.25, 0.3) is 0 Å². The highest BCUT2D eigenvalue weighted by atomic mass is 32.2. The first-order chi connectivity index (χ1) is 11.0. The van der Waals surface area contributed by atoms with E-state index in [1.807, 2.05) is 12.1 Å². The molecule has 1 aromatic carbocycles. The van der Waals surface area contributed by atoms with E-state index < -0.39 is 9.84 Å². The summed E-state index contributed by atoms with van der Waals surface area (Å²) in [6, 6.07) is 7.46. The van der Waals surface area contributed by atoms with Crippen LogP contribution in [0.5, 0.6) is 0 Å². The van der Waals surface area contributed by atoms with E-state index in [4.69, 9.17) is 0 Å². The number of fused-ring (bicyclic) bond motifs is 1. The van der Waals surface area contributed by atoms with Gasteiger partial charge in [0.2, 0.25) is 0 Å². The van der Waals surface area contributed by atoms with Crippen LogP contribution in [-0.4, -0.2) is 35.5 Å². The molecule has 2 heterocycles. The third-order valence-electron chi connectivity index (χ3n) is 4.29. The monoisotopic (exact) mass is 334 g/mol. The molecular formula is C16H22N4O2S. The van der Waals surface area contributed by atoms with Crippen molar-refractivity contribution in [3.8, 4) is 0 Å². The smallest absolute Gasteiger partial charge is 0.175 e. The summed E-state index contributed by atoms with van der Waals surface area (Å²) < 4.78 is 25.2. The van der Waals surface area contributed by atoms with Crippen LogP contribution in [0.3, 0.4) is 0 Å². The Hall–Kier alpha value is -1.73. The number of sulfone groups is 1. The van der Waals surface area contributed by atoms with E-state index in [9.17, 15) is 8.42 Å². The summed E-state index contributed by atoms with van der Waals surface area (Å²) in [5, 5.41) is 12.0. The molecule has 1 atom stereocenters. The Bertz CT molecular complexity index is 767. The van der Waals surface area contributed by atoms with Gasteiger partial charge in [-0.1, -0.05) is 19.1 Å². The molecule has 0 saturated carbocycles. The third kappa shape index (κ3) is 3.61. The van der Waals surface area contributed by atoms with Gasteiger partial charge in [-0.25, -0.2) is 8.42 Å². The highest BCUT2D eigenvalue weighted by Gasteiger charge is 2.21. The Morgan fingerprint density at radius 1 is 1.26 bits per heavy atom. The molecular weight excluding hydrogens is 312 g/mol. The number of hydrogen-bond donors (Lipinski definition) is 1. The van der Waals surface area contributed by atoms with E-state index in [2.05, 4.69) is 27.0 Å². The van der Waals surface area contributed by atoms with Gasteiger partial charge in [-0.05, 0) is 24.1 Å². The summed E-state index contributed by atoms with van der Waals surface area (Å²) in [4.78, 5) is 0.362. The van der Waals surface area contributed by atoms with E-state index in [-0.39, 0.29) is 0 Å². The molecule has 1 aliphatic heterocycles. The number of rotatable bonds is 5. The van der Waals surface area contributed by atoms with Crippen LogP contribution < -0.4 is 5.32 Å². The van der Waals surface area contributed by atoms with Crippen molar-refractivity contribution in [2.75, 3.05) is 6.26 Å². The number of aromatic nitrogens is 3. The molecule has 124 valence electrons. The molecule has 0 bridgehead atoms. The lowest BCUT2D eigenvalue weighted by molar-refractivity contribution is 0.373. The average Bonchev–Trinajstić information content (AvgIpc) is 2.94. The number of nitrogens with zero attached hydrogens (tertiary/aromatic N) is 3. The van der Waals surface area contributed by atoms with E-state index in [0.29, 0.717) is 10.9 Å². The standard InChI is InChI=1S/C16H22N4O2S/c1-3-15-18-19-16-9-6-13(11-20(15)16)17-10-12-4-7-14(8-5-12)23(2,21)22/h4-5,7-8,13,17H,3,6,9-11H2,1-2H3/t13-/m0/s1. The van der Waals surface area contributed by atoms with Crippen LogP contribution in [-0.2, 0) is 35.8 Å². The zero-order valence-electron chi connectivity index (χ0n) is 13.5. The maximum absolute atomic E-state index is 11.5. The minimum atomic E-state index is -3.13. The summed E-state index contributed by atoms with van der Waals surface area (Å²) in [7, 11) is -3.13. The van der Waals surface area contributed by atoms with Gasteiger partial charge in [0.15, 0.2) is 9.84 Å². The van der Waals surface area contributed by atoms with Crippen LogP contribution in [0.2, 0.25) is 0 Å². The van der Waals surface area contributed by atoms with Crippen LogP contribution in [0.25, 0.3) is 0 Å². The van der Waals surface area contributed by atoms with Crippen molar-refractivity contribution in [2.24, 2.45) is 0 Å². The fraction of sp³-hybridized carbons (Fsp3) is 0.500. The van der Waals surface area contributed by atoms with E-state index >= 15 is 0 Å². The normalized spacial score (nSPS) is 17.9. The number of benzene rings is 1. The summed E-state index contributed by atoms with van der Waals surface area (Å²) in [5.41, 5.74) is 1.09. The van der Waals surface area contributed by atoms with Gasteiger partial charge < -0.3 is 9.88 Å². The molecule has 0 amide bonds. The molecule has 0 saturated heterocycles. The van der Waals surface area contributed by atoms with Crippen molar-refractivity contribution in [3.05, 3.63) is 41.5 Å². The molecule has 0 spiro atoms. The Morgan fingerprint density at radius 2 is 2.00 bits per heavy atom. The lowest BCUT2D eigenvalue weighted by atomic mass is 10.1. The number of nitrogens with one attached hydrogen (secondary N) is 1. The van der Waals surface area contributed by atoms with Crippen LogP contribution >= 0.6 is 0 Å². The lowest BCUT2D eigenvalue weighted by Crippen LogP contribution is -2.37. The molecule has 0 radical (unpaired) electrons. The van der Waals surface area contributed by atoms with Gasteiger partial charge in [0.1, 0.15) is 11.6 Å². The molecule has 0 fully saturated rings. The topological polar surface area (TPSA) is 76.9 Å². The summed E-state index contributed by atoms with van der Waals surface area (Å²) in [5.74, 6) is 2.13. The zero-order chi connectivity index (χ0) is 16.4. The minimum Gasteiger partial charge on any atom is -0.313 e. The van der Waals surface area contributed by atoms with Crippen molar-refractivity contribution < 1.29 is 8.42 Å². The first-order valence-corrected chi connectivity index (χ1v) is 9.80. The van der Waals surface area contributed by atoms with Gasteiger partial charge in [-0.3, -0.25) is 0 Å². The highest BCUT2D eigenvalue weighted by molar-refractivity contribution is 7.90. The molecule has 1 N–H and O–H groups in total. The fourth-order valence-corrected chi connectivity index (χ4v) is 3.56. The van der Waals surface area contributed by atoms with Crippen molar-refractivity contribution >= 4 is 9.84 Å². The van der Waals surface area contributed by atoms with Crippen molar-refractivity contribution in [1.82, 2.24) is 20.1 Å². The second-order valence-corrected chi connectivity index (χ2v) is 8.04. The molecule has 23 heavy (non-hydrogen) atoms. The number of aryl methyl sites for hydroxylation is 2. The summed E-state index contributed by atoms with van der Waals surface area (Å²) in [6.45, 7) is 3.72. The quantitative estimate of drug-likeness (QED) is 0.893. The van der Waals surface area contributed by atoms with Gasteiger partial charge in [0, 0.05) is 38.2 Å². The maximum atomic E-state index is 11.5. The van der Waals surface area contributed by atoms with Crippen LogP contribution in [0.15, 0.2) is 29.2 Å².